The van der Waals surface area contributed by atoms with E-state index < -0.39 is 58.0 Å². The Balaban J connectivity index is 1.67. The lowest BCUT2D eigenvalue weighted by molar-refractivity contribution is -0.153. The van der Waals surface area contributed by atoms with Crippen LogP contribution < -0.4 is 10.6 Å². The summed E-state index contributed by atoms with van der Waals surface area (Å²) >= 11 is 0. The lowest BCUT2D eigenvalue weighted by Crippen LogP contribution is -2.65. The van der Waals surface area contributed by atoms with Crippen molar-refractivity contribution in [3.63, 3.8) is 0 Å². The minimum absolute atomic E-state index is 0.0720. The third-order valence-corrected chi connectivity index (χ3v) is 9.01. The topological polar surface area (TPSA) is 165 Å². The molecule has 1 amide bonds. The molecule has 10 nitrogen and oxygen atoms in total. The SMILES string of the molecule is CN(C)c1cc(CCCC2CC2)c(O)c2c1C[C@H]1C[C@@H]3[C@@H](N(C)C)C(=O)C(C(N)=O)=C(O)[C@@]3(O)C(=O)C1=C2O. The summed E-state index contributed by atoms with van der Waals surface area (Å²) in [5.74, 6) is -5.57. The van der Waals surface area contributed by atoms with E-state index in [0.717, 1.165) is 24.4 Å². The van der Waals surface area contributed by atoms with Gasteiger partial charge in [-0.05, 0) is 68.8 Å². The Kier molecular flexibility index (Phi) is 6.54. The van der Waals surface area contributed by atoms with Gasteiger partial charge >= 0.3 is 0 Å². The molecule has 10 heteroatoms. The van der Waals surface area contributed by atoms with Gasteiger partial charge in [0.15, 0.2) is 11.4 Å². The van der Waals surface area contributed by atoms with Gasteiger partial charge in [0.25, 0.3) is 5.91 Å². The van der Waals surface area contributed by atoms with Crippen molar-refractivity contribution in [1.29, 1.82) is 0 Å². The number of aryl methyl sites for hydroxylation is 1. The maximum atomic E-state index is 14.0. The highest BCUT2D eigenvalue weighted by Crippen LogP contribution is 2.54. The third-order valence-electron chi connectivity index (χ3n) is 9.01. The number of carbonyl (C=O) groups is 3. The first-order valence-electron chi connectivity index (χ1n) is 13.5. The number of phenols is 1. The first-order chi connectivity index (χ1) is 18.3. The Hall–Kier alpha value is -3.37. The molecule has 2 fully saturated rings. The van der Waals surface area contributed by atoms with E-state index >= 15 is 0 Å². The fourth-order valence-corrected chi connectivity index (χ4v) is 6.92. The summed E-state index contributed by atoms with van der Waals surface area (Å²) < 4.78 is 0. The summed E-state index contributed by atoms with van der Waals surface area (Å²) in [6.07, 6.45) is 5.38. The van der Waals surface area contributed by atoms with Gasteiger partial charge < -0.3 is 31.1 Å². The molecule has 2 saturated carbocycles. The van der Waals surface area contributed by atoms with Crippen LogP contribution >= 0.6 is 0 Å². The highest BCUT2D eigenvalue weighted by atomic mass is 16.3. The van der Waals surface area contributed by atoms with Gasteiger partial charge in [0.1, 0.15) is 22.8 Å². The number of hydrogen-bond acceptors (Lipinski definition) is 9. The summed E-state index contributed by atoms with van der Waals surface area (Å²) in [6, 6.07) is 0.832. The molecule has 4 aliphatic rings. The molecule has 210 valence electrons. The number of nitrogens with two attached hydrogens (primary N) is 1. The van der Waals surface area contributed by atoms with E-state index in [2.05, 4.69) is 0 Å². The molecule has 39 heavy (non-hydrogen) atoms. The number of aromatic hydroxyl groups is 1. The number of benzene rings is 1. The Labute approximate surface area is 227 Å². The molecule has 0 spiro atoms. The number of aliphatic hydroxyl groups excluding tert-OH is 2. The fourth-order valence-electron chi connectivity index (χ4n) is 6.92. The zero-order valence-corrected chi connectivity index (χ0v) is 22.8. The fraction of sp³-hybridized carbons (Fsp3) is 0.552. The van der Waals surface area contributed by atoms with Crippen molar-refractivity contribution < 1.29 is 34.8 Å². The number of fused-ring (bicyclic) bond motifs is 3. The number of primary amides is 1. The van der Waals surface area contributed by atoms with Crippen LogP contribution in [0.4, 0.5) is 5.69 Å². The summed E-state index contributed by atoms with van der Waals surface area (Å²) in [4.78, 5) is 42.8. The van der Waals surface area contributed by atoms with E-state index in [0.29, 0.717) is 17.5 Å². The summed E-state index contributed by atoms with van der Waals surface area (Å²) in [6.45, 7) is 0. The summed E-state index contributed by atoms with van der Waals surface area (Å²) in [5, 5.41) is 45.6. The minimum Gasteiger partial charge on any atom is -0.508 e. The number of carbonyl (C=O) groups excluding carboxylic acids is 3. The van der Waals surface area contributed by atoms with Crippen molar-refractivity contribution in [3.8, 4) is 5.75 Å². The van der Waals surface area contributed by atoms with Crippen LogP contribution in [0.2, 0.25) is 0 Å². The molecule has 0 radical (unpaired) electrons. The van der Waals surface area contributed by atoms with Gasteiger partial charge in [-0.15, -0.1) is 0 Å². The zero-order valence-electron chi connectivity index (χ0n) is 22.8. The molecule has 0 aromatic heterocycles. The Morgan fingerprint density at radius 1 is 1.13 bits per heavy atom. The first kappa shape index (κ1) is 27.2. The van der Waals surface area contributed by atoms with E-state index in [1.54, 1.807) is 14.1 Å². The van der Waals surface area contributed by atoms with Crippen molar-refractivity contribution in [2.24, 2.45) is 23.5 Å². The number of phenolic OH excluding ortho intramolecular Hbond substituents is 1. The molecule has 4 atom stereocenters. The van der Waals surface area contributed by atoms with E-state index in [-0.39, 0.29) is 29.7 Å². The van der Waals surface area contributed by atoms with Gasteiger partial charge in [-0.1, -0.05) is 19.3 Å². The molecule has 1 aromatic rings. The number of nitrogens with zero attached hydrogens (tertiary/aromatic N) is 2. The second kappa shape index (κ2) is 9.38. The van der Waals surface area contributed by atoms with Gasteiger partial charge in [0, 0.05) is 31.3 Å². The molecule has 0 bridgehead atoms. The minimum atomic E-state index is -2.63. The number of amides is 1. The largest absolute Gasteiger partial charge is 0.508 e. The predicted octanol–water partition coefficient (Wildman–Crippen LogP) is 1.76. The lowest BCUT2D eigenvalue weighted by atomic mass is 9.57. The zero-order chi connectivity index (χ0) is 28.5. The number of Topliss-reactive ketones (excluding diaryl/α,β-unsaturated/α-hetero) is 2. The molecule has 5 rings (SSSR count). The normalized spacial score (nSPS) is 28.4. The highest BCUT2D eigenvalue weighted by Gasteiger charge is 2.64. The first-order valence-corrected chi connectivity index (χ1v) is 13.5. The Morgan fingerprint density at radius 2 is 1.79 bits per heavy atom. The van der Waals surface area contributed by atoms with Gasteiger partial charge in [-0.2, -0.15) is 0 Å². The number of rotatable bonds is 7. The molecule has 4 aliphatic carbocycles. The summed E-state index contributed by atoms with van der Waals surface area (Å²) in [7, 11) is 6.91. The Bertz CT molecular complexity index is 1340. The number of ketones is 2. The van der Waals surface area contributed by atoms with Crippen LogP contribution in [0.5, 0.6) is 5.75 Å². The van der Waals surface area contributed by atoms with E-state index in [9.17, 15) is 34.8 Å². The molecule has 0 heterocycles. The molecule has 6 N–H and O–H groups in total. The standard InChI is InChI=1S/C29H37N3O7/c1-31(2)18-12-14(7-5-6-13-8-9-13)23(33)20-16(18)10-15-11-17-22(32(3)4)25(35)21(28(30)38)27(37)29(17,39)26(36)19(15)24(20)34/h12-13,15,17,22,33-34,37,39H,5-11H2,1-4H3,(H2,30,38)/t15-,17+,22+,29-/m0/s1. The van der Waals surface area contributed by atoms with Crippen molar-refractivity contribution in [1.82, 2.24) is 4.90 Å². The van der Waals surface area contributed by atoms with Crippen molar-refractivity contribution >= 4 is 28.9 Å². The molecular weight excluding hydrogens is 502 g/mol. The van der Waals surface area contributed by atoms with Crippen molar-refractivity contribution in [2.75, 3.05) is 33.1 Å². The molecule has 1 aromatic carbocycles. The van der Waals surface area contributed by atoms with Crippen LogP contribution in [-0.4, -0.2) is 82.6 Å². The van der Waals surface area contributed by atoms with Crippen LogP contribution in [0.25, 0.3) is 5.76 Å². The van der Waals surface area contributed by atoms with Crippen LogP contribution in [0.3, 0.4) is 0 Å². The van der Waals surface area contributed by atoms with Crippen LogP contribution in [-0.2, 0) is 27.2 Å². The lowest BCUT2D eigenvalue weighted by Gasteiger charge is -2.50. The van der Waals surface area contributed by atoms with Gasteiger partial charge in [0.05, 0.1) is 11.6 Å². The second-order valence-corrected chi connectivity index (χ2v) is 11.9. The third kappa shape index (κ3) is 4.03. The van der Waals surface area contributed by atoms with E-state index in [4.69, 9.17) is 5.73 Å². The van der Waals surface area contributed by atoms with Crippen LogP contribution in [0, 0.1) is 17.8 Å². The van der Waals surface area contributed by atoms with Gasteiger partial charge in [0.2, 0.25) is 5.78 Å². The average Bonchev–Trinajstić information content (AvgIpc) is 3.66. The smallest absolute Gasteiger partial charge is 0.255 e. The van der Waals surface area contributed by atoms with Crippen molar-refractivity contribution in [3.05, 3.63) is 39.7 Å². The summed E-state index contributed by atoms with van der Waals surface area (Å²) in [5.41, 5.74) is 4.12. The Morgan fingerprint density at radius 3 is 2.36 bits per heavy atom. The van der Waals surface area contributed by atoms with Crippen LogP contribution in [0.1, 0.15) is 48.8 Å². The van der Waals surface area contributed by atoms with Crippen molar-refractivity contribution in [2.45, 2.75) is 56.6 Å². The number of likely N-dealkylation sites (N-methyl/N-ethyl adjacent to an activating group) is 1. The quantitative estimate of drug-likeness (QED) is 0.325. The second-order valence-electron chi connectivity index (χ2n) is 11.9. The molecule has 0 unspecified atom stereocenters. The maximum Gasteiger partial charge on any atom is 0.255 e. The molecule has 0 saturated heterocycles. The predicted molar refractivity (Wildman–Crippen MR) is 144 cm³/mol. The van der Waals surface area contributed by atoms with Gasteiger partial charge in [-0.3, -0.25) is 19.3 Å². The van der Waals surface area contributed by atoms with E-state index in [1.807, 2.05) is 25.1 Å². The maximum absolute atomic E-state index is 14.0. The number of aliphatic hydroxyl groups is 3. The molecule has 0 aliphatic heterocycles. The van der Waals surface area contributed by atoms with Crippen LogP contribution in [0.15, 0.2) is 23.0 Å². The number of hydrogen-bond donors (Lipinski definition) is 5. The van der Waals surface area contributed by atoms with Gasteiger partial charge in [-0.25, -0.2) is 0 Å². The number of anilines is 1. The highest BCUT2D eigenvalue weighted by molar-refractivity contribution is 6.24. The van der Waals surface area contributed by atoms with E-state index in [1.165, 1.54) is 17.7 Å². The monoisotopic (exact) mass is 539 g/mol. The average molecular weight is 540 g/mol. The molecular formula is C29H37N3O7.